The number of carbonyl (C=O) groups excluding carboxylic acids is 1. The van der Waals surface area contributed by atoms with Gasteiger partial charge in [-0.3, -0.25) is 4.79 Å². The second-order valence-corrected chi connectivity index (χ2v) is 9.63. The highest BCUT2D eigenvalue weighted by Gasteiger charge is 2.34. The third-order valence-electron chi connectivity index (χ3n) is 5.12. The molecule has 0 atom stereocenters. The van der Waals surface area contributed by atoms with Crippen molar-refractivity contribution in [1.82, 2.24) is 14.2 Å². The Kier molecular flexibility index (Phi) is 5.81. The molecule has 1 aromatic heterocycles. The van der Waals surface area contributed by atoms with Crippen LogP contribution in [0, 0.1) is 5.92 Å². The fourth-order valence-corrected chi connectivity index (χ4v) is 5.57. The van der Waals surface area contributed by atoms with Crippen LogP contribution < -0.4 is 5.73 Å². The minimum Gasteiger partial charge on any atom is -0.364 e. The van der Waals surface area contributed by atoms with E-state index in [9.17, 15) is 13.2 Å². The molecule has 0 bridgehead atoms. The van der Waals surface area contributed by atoms with Gasteiger partial charge in [-0.25, -0.2) is 8.42 Å². The number of halogens is 1. The number of rotatable bonds is 6. The maximum Gasteiger partial charge on any atom is 0.266 e. The number of nitrogens with one attached hydrogen (secondary N) is 1. The molecule has 1 aliphatic heterocycles. The molecule has 9 heteroatoms. The molecule has 148 valence electrons. The van der Waals surface area contributed by atoms with E-state index in [0.717, 1.165) is 25.8 Å². The number of primary amides is 1. The van der Waals surface area contributed by atoms with Crippen molar-refractivity contribution in [3.63, 3.8) is 0 Å². The van der Waals surface area contributed by atoms with E-state index in [0.29, 0.717) is 34.9 Å². The Balaban J connectivity index is 1.91. The highest BCUT2D eigenvalue weighted by Crippen LogP contribution is 2.33. The standard InChI is InChI=1S/C18H25ClN4O3S/c1-22(2)8-5-12-6-9-23(10-7-12)27(25,26)17-14-11-13(19)3-4-15(14)21-16(17)18(20)24/h3-4,11-12,21H,5-10H2,1-2H3,(H2,20,24). The number of fused-ring (bicyclic) bond motifs is 1. The van der Waals surface area contributed by atoms with E-state index in [1.54, 1.807) is 18.2 Å². The largest absolute Gasteiger partial charge is 0.364 e. The van der Waals surface area contributed by atoms with Gasteiger partial charge in [0.05, 0.1) is 0 Å². The molecular formula is C18H25ClN4O3S. The second kappa shape index (κ2) is 7.79. The first-order chi connectivity index (χ1) is 12.7. The minimum atomic E-state index is -3.86. The van der Waals surface area contributed by atoms with Gasteiger partial charge in [0.25, 0.3) is 5.91 Å². The van der Waals surface area contributed by atoms with Gasteiger partial charge in [0.15, 0.2) is 0 Å². The molecule has 1 aromatic carbocycles. The average Bonchev–Trinajstić information content (AvgIpc) is 3.00. The zero-order chi connectivity index (χ0) is 19.8. The number of hydrogen-bond donors (Lipinski definition) is 2. The summed E-state index contributed by atoms with van der Waals surface area (Å²) < 4.78 is 28.1. The van der Waals surface area contributed by atoms with Gasteiger partial charge in [-0.2, -0.15) is 4.31 Å². The lowest BCUT2D eigenvalue weighted by Gasteiger charge is -2.31. The zero-order valence-electron chi connectivity index (χ0n) is 15.5. The van der Waals surface area contributed by atoms with Crippen molar-refractivity contribution in [2.24, 2.45) is 11.7 Å². The quantitative estimate of drug-likeness (QED) is 0.760. The minimum absolute atomic E-state index is 0.0701. The van der Waals surface area contributed by atoms with Crippen LogP contribution in [-0.4, -0.2) is 62.2 Å². The van der Waals surface area contributed by atoms with Gasteiger partial charge in [0.1, 0.15) is 10.6 Å². The van der Waals surface area contributed by atoms with Crippen molar-refractivity contribution in [2.75, 3.05) is 33.7 Å². The smallest absolute Gasteiger partial charge is 0.266 e. The summed E-state index contributed by atoms with van der Waals surface area (Å²) in [6.07, 6.45) is 2.67. The first-order valence-corrected chi connectivity index (χ1v) is 10.8. The summed E-state index contributed by atoms with van der Waals surface area (Å²) in [6, 6.07) is 4.84. The van der Waals surface area contributed by atoms with Gasteiger partial charge in [0, 0.05) is 29.0 Å². The number of piperidine rings is 1. The van der Waals surface area contributed by atoms with Gasteiger partial charge >= 0.3 is 0 Å². The van der Waals surface area contributed by atoms with E-state index < -0.39 is 15.9 Å². The molecule has 0 spiro atoms. The number of hydrogen-bond acceptors (Lipinski definition) is 4. The number of H-pyrrole nitrogens is 1. The number of benzene rings is 1. The topological polar surface area (TPSA) is 99.5 Å². The maximum absolute atomic E-state index is 13.3. The molecule has 2 heterocycles. The van der Waals surface area contributed by atoms with Crippen molar-refractivity contribution in [3.8, 4) is 0 Å². The van der Waals surface area contributed by atoms with E-state index in [4.69, 9.17) is 17.3 Å². The Morgan fingerprint density at radius 2 is 2.00 bits per heavy atom. The lowest BCUT2D eigenvalue weighted by atomic mass is 9.94. The molecule has 1 fully saturated rings. The SMILES string of the molecule is CN(C)CCC1CCN(S(=O)(=O)c2c(C(N)=O)[nH]c3ccc(Cl)cc23)CC1. The fourth-order valence-electron chi connectivity index (χ4n) is 3.59. The molecule has 0 saturated carbocycles. The lowest BCUT2D eigenvalue weighted by molar-refractivity contribution is 0.0993. The fraction of sp³-hybridized carbons (Fsp3) is 0.500. The summed E-state index contributed by atoms with van der Waals surface area (Å²) in [5.41, 5.74) is 5.87. The third-order valence-corrected chi connectivity index (χ3v) is 7.34. The molecule has 27 heavy (non-hydrogen) atoms. The maximum atomic E-state index is 13.3. The number of aromatic amines is 1. The van der Waals surface area contributed by atoms with Crippen molar-refractivity contribution in [1.29, 1.82) is 0 Å². The number of amides is 1. The molecule has 1 aliphatic rings. The van der Waals surface area contributed by atoms with Gasteiger partial charge < -0.3 is 15.6 Å². The Labute approximate surface area is 164 Å². The number of nitrogens with two attached hydrogens (primary N) is 1. The first-order valence-electron chi connectivity index (χ1n) is 8.96. The number of sulfonamides is 1. The van der Waals surface area contributed by atoms with Gasteiger partial charge in [-0.05, 0) is 64.0 Å². The lowest BCUT2D eigenvalue weighted by Crippen LogP contribution is -2.39. The van der Waals surface area contributed by atoms with Crippen LogP contribution in [0.3, 0.4) is 0 Å². The van der Waals surface area contributed by atoms with Crippen LogP contribution in [0.4, 0.5) is 0 Å². The van der Waals surface area contributed by atoms with Crippen molar-refractivity contribution in [2.45, 2.75) is 24.2 Å². The first kappa shape index (κ1) is 20.1. The third kappa shape index (κ3) is 4.13. The average molecular weight is 413 g/mol. The van der Waals surface area contributed by atoms with Crippen LogP contribution in [-0.2, 0) is 10.0 Å². The van der Waals surface area contributed by atoms with E-state index in [2.05, 4.69) is 9.88 Å². The molecule has 0 aliphatic carbocycles. The Morgan fingerprint density at radius 3 is 2.59 bits per heavy atom. The molecule has 3 N–H and O–H groups in total. The van der Waals surface area contributed by atoms with Crippen LogP contribution in [0.15, 0.2) is 23.1 Å². The summed E-state index contributed by atoms with van der Waals surface area (Å²) in [5, 5.41) is 0.794. The van der Waals surface area contributed by atoms with Gasteiger partial charge in [-0.1, -0.05) is 11.6 Å². The summed E-state index contributed by atoms with van der Waals surface area (Å²) in [6.45, 7) is 1.86. The molecule has 0 unspecified atom stereocenters. The zero-order valence-corrected chi connectivity index (χ0v) is 17.1. The summed E-state index contributed by atoms with van der Waals surface area (Å²) >= 11 is 6.05. The normalized spacial score (nSPS) is 17.0. The molecule has 0 radical (unpaired) electrons. The number of aromatic nitrogens is 1. The molecule has 7 nitrogen and oxygen atoms in total. The van der Waals surface area contributed by atoms with Crippen LogP contribution in [0.25, 0.3) is 10.9 Å². The van der Waals surface area contributed by atoms with E-state index in [-0.39, 0.29) is 10.6 Å². The summed E-state index contributed by atoms with van der Waals surface area (Å²) in [4.78, 5) is 16.8. The predicted octanol–water partition coefficient (Wildman–Crippen LogP) is 2.27. The predicted molar refractivity (Wildman–Crippen MR) is 106 cm³/mol. The molecular weight excluding hydrogens is 388 g/mol. The van der Waals surface area contributed by atoms with Gasteiger partial charge in [-0.15, -0.1) is 0 Å². The highest BCUT2D eigenvalue weighted by atomic mass is 35.5. The van der Waals surface area contributed by atoms with Gasteiger partial charge in [0.2, 0.25) is 10.0 Å². The monoisotopic (exact) mass is 412 g/mol. The molecule has 3 rings (SSSR count). The Morgan fingerprint density at radius 1 is 1.33 bits per heavy atom. The van der Waals surface area contributed by atoms with Crippen molar-refractivity contribution in [3.05, 3.63) is 28.9 Å². The van der Waals surface area contributed by atoms with Crippen molar-refractivity contribution < 1.29 is 13.2 Å². The molecule has 2 aromatic rings. The summed E-state index contributed by atoms with van der Waals surface area (Å²) in [5.74, 6) is -0.298. The van der Waals surface area contributed by atoms with E-state index >= 15 is 0 Å². The molecule has 1 amide bonds. The second-order valence-electron chi connectivity index (χ2n) is 7.32. The van der Waals surface area contributed by atoms with Crippen LogP contribution in [0.1, 0.15) is 29.8 Å². The van der Waals surface area contributed by atoms with Crippen LogP contribution in [0.2, 0.25) is 5.02 Å². The highest BCUT2D eigenvalue weighted by molar-refractivity contribution is 7.89. The summed E-state index contributed by atoms with van der Waals surface area (Å²) in [7, 11) is 0.209. The van der Waals surface area contributed by atoms with Crippen LogP contribution >= 0.6 is 11.6 Å². The molecule has 1 saturated heterocycles. The Bertz CT molecular complexity index is 947. The van der Waals surface area contributed by atoms with E-state index in [1.807, 2.05) is 14.1 Å². The number of carbonyl (C=O) groups is 1. The van der Waals surface area contributed by atoms with E-state index in [1.165, 1.54) is 4.31 Å². The van der Waals surface area contributed by atoms with Crippen LogP contribution in [0.5, 0.6) is 0 Å². The van der Waals surface area contributed by atoms with Crippen molar-refractivity contribution >= 4 is 38.4 Å². The number of nitrogens with zero attached hydrogens (tertiary/aromatic N) is 2. The Hall–Kier alpha value is -1.61.